The van der Waals surface area contributed by atoms with Gasteiger partial charge in [0.15, 0.2) is 6.10 Å². The summed E-state index contributed by atoms with van der Waals surface area (Å²) >= 11 is 0. The SMILES string of the molecule is O=C1c2c(O)cc(O)cc2O[C@@]2(c3ccc(O)cc3)O[C@H]12. The average Bonchev–Trinajstić information content (AvgIpc) is 3.14. The van der Waals surface area contributed by atoms with Crippen LogP contribution in [0.3, 0.4) is 0 Å². The number of Topliss-reactive ketones (excluding diaryl/α,β-unsaturated/α-hetero) is 1. The number of hydrogen-bond donors (Lipinski definition) is 3. The molecule has 0 aliphatic carbocycles. The van der Waals surface area contributed by atoms with Crippen molar-refractivity contribution in [3.8, 4) is 23.0 Å². The quantitative estimate of drug-likeness (QED) is 0.689. The van der Waals surface area contributed by atoms with Crippen LogP contribution in [0.25, 0.3) is 0 Å². The molecule has 2 aliphatic rings. The third kappa shape index (κ3) is 1.53. The fraction of sp³-hybridized carbons (Fsp3) is 0.133. The molecule has 21 heavy (non-hydrogen) atoms. The molecule has 0 spiro atoms. The van der Waals surface area contributed by atoms with E-state index in [0.717, 1.165) is 6.07 Å². The lowest BCUT2D eigenvalue weighted by molar-refractivity contribution is 0.0565. The summed E-state index contributed by atoms with van der Waals surface area (Å²) in [7, 11) is 0. The van der Waals surface area contributed by atoms with Gasteiger partial charge in [0.05, 0.1) is 0 Å². The first-order valence-corrected chi connectivity index (χ1v) is 6.28. The largest absolute Gasteiger partial charge is 0.508 e. The Labute approximate surface area is 118 Å². The predicted octanol–water partition coefficient (Wildman–Crippen LogP) is 1.63. The Morgan fingerprint density at radius 3 is 2.43 bits per heavy atom. The van der Waals surface area contributed by atoms with Crippen LogP contribution >= 0.6 is 0 Å². The second-order valence-electron chi connectivity index (χ2n) is 5.02. The van der Waals surface area contributed by atoms with Crippen LogP contribution in [-0.4, -0.2) is 27.2 Å². The fourth-order valence-electron chi connectivity index (χ4n) is 2.63. The predicted molar refractivity (Wildman–Crippen MR) is 69.4 cm³/mol. The summed E-state index contributed by atoms with van der Waals surface area (Å²) < 4.78 is 11.1. The zero-order chi connectivity index (χ0) is 14.8. The number of ether oxygens (including phenoxy) is 2. The zero-order valence-corrected chi connectivity index (χ0v) is 10.6. The Kier molecular flexibility index (Phi) is 2.11. The number of epoxide rings is 1. The fourth-order valence-corrected chi connectivity index (χ4v) is 2.63. The third-order valence-corrected chi connectivity index (χ3v) is 3.66. The van der Waals surface area contributed by atoms with Gasteiger partial charge < -0.3 is 24.8 Å². The molecule has 2 aliphatic heterocycles. The van der Waals surface area contributed by atoms with Gasteiger partial charge in [0.2, 0.25) is 5.78 Å². The second-order valence-corrected chi connectivity index (χ2v) is 5.02. The minimum atomic E-state index is -1.25. The first kappa shape index (κ1) is 12.0. The summed E-state index contributed by atoms with van der Waals surface area (Å²) in [6.07, 6.45) is -0.843. The van der Waals surface area contributed by atoms with Gasteiger partial charge >= 0.3 is 0 Å². The third-order valence-electron chi connectivity index (χ3n) is 3.66. The van der Waals surface area contributed by atoms with Crippen LogP contribution in [0.5, 0.6) is 23.0 Å². The number of aromatic hydroxyl groups is 3. The van der Waals surface area contributed by atoms with Crippen molar-refractivity contribution in [1.82, 2.24) is 0 Å². The van der Waals surface area contributed by atoms with Gasteiger partial charge in [-0.25, -0.2) is 0 Å². The Hall–Kier alpha value is -2.73. The van der Waals surface area contributed by atoms with Crippen LogP contribution in [-0.2, 0) is 10.5 Å². The lowest BCUT2D eigenvalue weighted by Crippen LogP contribution is -2.30. The van der Waals surface area contributed by atoms with Crippen LogP contribution in [0, 0.1) is 0 Å². The molecule has 0 bridgehead atoms. The Morgan fingerprint density at radius 2 is 1.71 bits per heavy atom. The normalized spacial score (nSPS) is 25.7. The van der Waals surface area contributed by atoms with Crippen LogP contribution in [0.1, 0.15) is 15.9 Å². The second kappa shape index (κ2) is 3.67. The van der Waals surface area contributed by atoms with E-state index < -0.39 is 17.7 Å². The summed E-state index contributed by atoms with van der Waals surface area (Å²) in [6.45, 7) is 0. The summed E-state index contributed by atoms with van der Waals surface area (Å²) in [4.78, 5) is 12.3. The van der Waals surface area contributed by atoms with Gasteiger partial charge in [-0.15, -0.1) is 0 Å². The number of rotatable bonds is 1. The average molecular weight is 286 g/mol. The van der Waals surface area contributed by atoms with E-state index in [-0.39, 0.29) is 28.6 Å². The van der Waals surface area contributed by atoms with E-state index in [0.29, 0.717) is 5.56 Å². The van der Waals surface area contributed by atoms with Crippen molar-refractivity contribution < 1.29 is 29.6 Å². The van der Waals surface area contributed by atoms with Crippen molar-refractivity contribution in [2.24, 2.45) is 0 Å². The van der Waals surface area contributed by atoms with Gasteiger partial charge in [0.1, 0.15) is 28.6 Å². The van der Waals surface area contributed by atoms with Crippen LogP contribution in [0.2, 0.25) is 0 Å². The number of benzene rings is 2. The van der Waals surface area contributed by atoms with Crippen molar-refractivity contribution >= 4 is 5.78 Å². The summed E-state index contributed by atoms with van der Waals surface area (Å²) in [5, 5.41) is 28.6. The molecule has 0 unspecified atom stereocenters. The number of phenols is 3. The van der Waals surface area contributed by atoms with Crippen LogP contribution < -0.4 is 4.74 Å². The molecule has 1 saturated heterocycles. The molecule has 0 amide bonds. The van der Waals surface area contributed by atoms with Crippen LogP contribution in [0.15, 0.2) is 36.4 Å². The number of carbonyl (C=O) groups is 1. The molecule has 4 rings (SSSR count). The first-order valence-electron chi connectivity index (χ1n) is 6.28. The van der Waals surface area contributed by atoms with Crippen molar-refractivity contribution in [3.05, 3.63) is 47.5 Å². The van der Waals surface area contributed by atoms with Gasteiger partial charge in [0, 0.05) is 17.7 Å². The van der Waals surface area contributed by atoms with E-state index in [1.54, 1.807) is 12.1 Å². The molecule has 0 radical (unpaired) electrons. The highest BCUT2D eigenvalue weighted by Gasteiger charge is 2.68. The summed E-state index contributed by atoms with van der Waals surface area (Å²) in [5.41, 5.74) is 0.580. The van der Waals surface area contributed by atoms with E-state index in [9.17, 15) is 20.1 Å². The van der Waals surface area contributed by atoms with Gasteiger partial charge in [0.25, 0.3) is 5.79 Å². The number of ketones is 1. The smallest absolute Gasteiger partial charge is 0.272 e. The molecule has 0 aromatic heterocycles. The number of fused-ring (bicyclic) bond motifs is 2. The van der Waals surface area contributed by atoms with Crippen molar-refractivity contribution in [1.29, 1.82) is 0 Å². The lowest BCUT2D eigenvalue weighted by Gasteiger charge is -2.22. The van der Waals surface area contributed by atoms with Gasteiger partial charge in [-0.3, -0.25) is 4.79 Å². The summed E-state index contributed by atoms with van der Waals surface area (Å²) in [5.74, 6) is -2.05. The van der Waals surface area contributed by atoms with Crippen molar-refractivity contribution in [2.45, 2.75) is 11.9 Å². The molecule has 2 aromatic rings. The molecular formula is C15H10O6. The maximum Gasteiger partial charge on any atom is 0.272 e. The topological polar surface area (TPSA) is 99.5 Å². The molecule has 2 aromatic carbocycles. The van der Waals surface area contributed by atoms with E-state index >= 15 is 0 Å². The molecule has 6 nitrogen and oxygen atoms in total. The highest BCUT2D eigenvalue weighted by Crippen LogP contribution is 2.55. The van der Waals surface area contributed by atoms with Crippen LogP contribution in [0.4, 0.5) is 0 Å². The molecular weight excluding hydrogens is 276 g/mol. The number of phenolic OH excluding ortho intramolecular Hbond substituents is 3. The first-order chi connectivity index (χ1) is 10.0. The van der Waals surface area contributed by atoms with Gasteiger partial charge in [-0.1, -0.05) is 0 Å². The monoisotopic (exact) mass is 286 g/mol. The molecule has 106 valence electrons. The number of hydrogen-bond acceptors (Lipinski definition) is 6. The highest BCUT2D eigenvalue weighted by molar-refractivity contribution is 6.07. The minimum Gasteiger partial charge on any atom is -0.508 e. The zero-order valence-electron chi connectivity index (χ0n) is 10.6. The van der Waals surface area contributed by atoms with E-state index in [1.807, 2.05) is 0 Å². The Morgan fingerprint density at radius 1 is 1.00 bits per heavy atom. The van der Waals surface area contributed by atoms with Gasteiger partial charge in [-0.05, 0) is 24.3 Å². The van der Waals surface area contributed by atoms with Crippen molar-refractivity contribution in [2.75, 3.05) is 0 Å². The Bertz CT molecular complexity index is 766. The molecule has 1 fully saturated rings. The molecule has 2 atom stereocenters. The van der Waals surface area contributed by atoms with Crippen molar-refractivity contribution in [3.63, 3.8) is 0 Å². The highest BCUT2D eigenvalue weighted by atomic mass is 16.8. The standard InChI is InChI=1S/C15H10O6/c16-8-3-1-7(2-4-8)15-14(21-15)13(19)12-10(18)5-9(17)6-11(12)20-15/h1-6,14,16-18H/t14-,15+/m1/s1. The van der Waals surface area contributed by atoms with E-state index in [1.165, 1.54) is 18.2 Å². The van der Waals surface area contributed by atoms with Gasteiger partial charge in [-0.2, -0.15) is 0 Å². The maximum absolute atomic E-state index is 12.3. The maximum atomic E-state index is 12.3. The molecule has 6 heteroatoms. The summed E-state index contributed by atoms with van der Waals surface area (Å²) in [6, 6.07) is 8.45. The molecule has 2 heterocycles. The van der Waals surface area contributed by atoms with E-state index in [2.05, 4.69) is 0 Å². The molecule has 3 N–H and O–H groups in total. The molecule has 0 saturated carbocycles. The Balaban J connectivity index is 1.83. The van der Waals surface area contributed by atoms with E-state index in [4.69, 9.17) is 9.47 Å². The minimum absolute atomic E-state index is 0.00435. The number of carbonyl (C=O) groups excluding carboxylic acids is 1. The lowest BCUT2D eigenvalue weighted by atomic mass is 9.95.